The second-order valence-corrected chi connectivity index (χ2v) is 5.68. The van der Waals surface area contributed by atoms with Gasteiger partial charge in [-0.1, -0.05) is 48.3 Å². The summed E-state index contributed by atoms with van der Waals surface area (Å²) in [6.07, 6.45) is 3.45. The third kappa shape index (κ3) is 4.16. The first-order valence-corrected chi connectivity index (χ1v) is 6.73. The quantitative estimate of drug-likeness (QED) is 0.666. The Morgan fingerprint density at radius 3 is 2.33 bits per heavy atom. The van der Waals surface area contributed by atoms with Crippen molar-refractivity contribution in [2.24, 2.45) is 5.41 Å². The summed E-state index contributed by atoms with van der Waals surface area (Å²) in [5.74, 6) is 0.733. The number of alkyl halides is 1. The summed E-state index contributed by atoms with van der Waals surface area (Å²) in [7, 11) is 0. The third-order valence-electron chi connectivity index (χ3n) is 2.72. The van der Waals surface area contributed by atoms with Crippen LogP contribution >= 0.6 is 27.5 Å². The van der Waals surface area contributed by atoms with E-state index in [-0.39, 0.29) is 5.41 Å². The zero-order valence-corrected chi connectivity index (χ0v) is 11.7. The lowest BCUT2D eigenvalue weighted by molar-refractivity contribution is 0.335. The molecule has 0 radical (unpaired) electrons. The summed E-state index contributed by atoms with van der Waals surface area (Å²) in [5.41, 5.74) is 1.61. The van der Waals surface area contributed by atoms with E-state index in [1.165, 1.54) is 18.4 Å². The Bertz CT molecular complexity index is 294. The first kappa shape index (κ1) is 13.1. The van der Waals surface area contributed by atoms with E-state index in [2.05, 4.69) is 54.0 Å². The Morgan fingerprint density at radius 1 is 1.27 bits per heavy atom. The summed E-state index contributed by atoms with van der Waals surface area (Å²) in [4.78, 5) is 0. The van der Waals surface area contributed by atoms with Crippen LogP contribution < -0.4 is 0 Å². The van der Waals surface area contributed by atoms with Crippen LogP contribution in [0, 0.1) is 5.41 Å². The molecule has 1 unspecified atom stereocenters. The monoisotopic (exact) mass is 288 g/mol. The predicted molar refractivity (Wildman–Crippen MR) is 71.6 cm³/mol. The molecule has 1 aromatic carbocycles. The van der Waals surface area contributed by atoms with E-state index < -0.39 is 0 Å². The molecule has 0 aromatic heterocycles. The van der Waals surface area contributed by atoms with Gasteiger partial charge in [0.1, 0.15) is 0 Å². The largest absolute Gasteiger partial charge is 0.126 e. The van der Waals surface area contributed by atoms with E-state index in [9.17, 15) is 0 Å². The van der Waals surface area contributed by atoms with Crippen molar-refractivity contribution in [2.45, 2.75) is 33.1 Å². The lowest BCUT2D eigenvalue weighted by atomic mass is 9.81. The molecule has 0 aliphatic carbocycles. The molecule has 0 bridgehead atoms. The van der Waals surface area contributed by atoms with Gasteiger partial charge in [0.2, 0.25) is 0 Å². The van der Waals surface area contributed by atoms with Gasteiger partial charge in [-0.2, -0.15) is 0 Å². The molecule has 15 heavy (non-hydrogen) atoms. The van der Waals surface area contributed by atoms with Crippen LogP contribution in [0.3, 0.4) is 0 Å². The van der Waals surface area contributed by atoms with Crippen LogP contribution in [-0.2, 0) is 6.42 Å². The highest BCUT2D eigenvalue weighted by molar-refractivity contribution is 9.10. The molecule has 0 amide bonds. The minimum Gasteiger partial charge on any atom is -0.126 e. The maximum Gasteiger partial charge on any atom is 0.0280 e. The van der Waals surface area contributed by atoms with Crippen molar-refractivity contribution in [1.82, 2.24) is 0 Å². The lowest BCUT2D eigenvalue weighted by Gasteiger charge is -2.26. The molecule has 0 saturated carbocycles. The first-order chi connectivity index (χ1) is 7.09. The number of halogens is 2. The molecule has 0 aliphatic heterocycles. The summed E-state index contributed by atoms with van der Waals surface area (Å²) >= 11 is 9.51. The minimum atomic E-state index is 0.240. The molecule has 1 aromatic rings. The highest BCUT2D eigenvalue weighted by Gasteiger charge is 2.22. The molecule has 0 spiro atoms. The zero-order chi connectivity index (χ0) is 11.3. The molecular formula is C13H18BrCl. The van der Waals surface area contributed by atoms with Gasteiger partial charge in [-0.05, 0) is 36.0 Å². The van der Waals surface area contributed by atoms with E-state index in [1.54, 1.807) is 0 Å². The summed E-state index contributed by atoms with van der Waals surface area (Å²) in [6.45, 7) is 4.48. The van der Waals surface area contributed by atoms with Crippen LogP contribution in [0.15, 0.2) is 28.7 Å². The lowest BCUT2D eigenvalue weighted by Crippen LogP contribution is -2.21. The molecule has 1 atom stereocenters. The summed E-state index contributed by atoms with van der Waals surface area (Å²) in [6, 6.07) is 8.53. The normalized spacial score (nSPS) is 14.9. The average Bonchev–Trinajstić information content (AvgIpc) is 2.22. The van der Waals surface area contributed by atoms with Crippen molar-refractivity contribution >= 4 is 27.5 Å². The van der Waals surface area contributed by atoms with Gasteiger partial charge in [0.25, 0.3) is 0 Å². The van der Waals surface area contributed by atoms with E-state index in [4.69, 9.17) is 11.6 Å². The fraction of sp³-hybridized carbons (Fsp3) is 0.538. The Kier molecular flexibility index (Phi) is 5.14. The van der Waals surface area contributed by atoms with Crippen LogP contribution in [0.25, 0.3) is 0 Å². The van der Waals surface area contributed by atoms with Crippen LogP contribution in [0.1, 0.15) is 32.3 Å². The Morgan fingerprint density at radius 2 is 1.87 bits per heavy atom. The van der Waals surface area contributed by atoms with Crippen molar-refractivity contribution in [3.8, 4) is 0 Å². The highest BCUT2D eigenvalue weighted by atomic mass is 79.9. The standard InChI is InChI=1S/C13H18BrCl/c1-3-8-13(2,10-15)9-11-4-6-12(14)7-5-11/h4-7H,3,8-10H2,1-2H3. The van der Waals surface area contributed by atoms with E-state index in [0.717, 1.165) is 16.8 Å². The maximum absolute atomic E-state index is 6.06. The van der Waals surface area contributed by atoms with Gasteiger partial charge < -0.3 is 0 Å². The van der Waals surface area contributed by atoms with E-state index in [0.29, 0.717) is 0 Å². The van der Waals surface area contributed by atoms with Crippen molar-refractivity contribution in [1.29, 1.82) is 0 Å². The van der Waals surface area contributed by atoms with Gasteiger partial charge in [-0.3, -0.25) is 0 Å². The topological polar surface area (TPSA) is 0 Å². The van der Waals surface area contributed by atoms with E-state index in [1.807, 2.05) is 0 Å². The van der Waals surface area contributed by atoms with Crippen LogP contribution in [0.5, 0.6) is 0 Å². The number of hydrogen-bond donors (Lipinski definition) is 0. The smallest absolute Gasteiger partial charge is 0.0280 e. The number of rotatable bonds is 5. The minimum absolute atomic E-state index is 0.240. The van der Waals surface area contributed by atoms with E-state index >= 15 is 0 Å². The van der Waals surface area contributed by atoms with Gasteiger partial charge in [0.15, 0.2) is 0 Å². The van der Waals surface area contributed by atoms with Gasteiger partial charge >= 0.3 is 0 Å². The molecular weight excluding hydrogens is 272 g/mol. The predicted octanol–water partition coefficient (Wildman–Crippen LogP) is 5.04. The second kappa shape index (κ2) is 5.91. The fourth-order valence-electron chi connectivity index (χ4n) is 1.90. The van der Waals surface area contributed by atoms with Gasteiger partial charge in [-0.25, -0.2) is 0 Å². The fourth-order valence-corrected chi connectivity index (χ4v) is 2.39. The second-order valence-electron chi connectivity index (χ2n) is 4.50. The molecule has 0 aliphatic rings. The van der Waals surface area contributed by atoms with Crippen molar-refractivity contribution in [3.63, 3.8) is 0 Å². The maximum atomic E-state index is 6.06. The molecule has 84 valence electrons. The van der Waals surface area contributed by atoms with Gasteiger partial charge in [0.05, 0.1) is 0 Å². The summed E-state index contributed by atoms with van der Waals surface area (Å²) < 4.78 is 1.13. The average molecular weight is 290 g/mol. The molecule has 0 nitrogen and oxygen atoms in total. The van der Waals surface area contributed by atoms with Crippen molar-refractivity contribution in [2.75, 3.05) is 5.88 Å². The molecule has 2 heteroatoms. The number of benzene rings is 1. The zero-order valence-electron chi connectivity index (χ0n) is 9.39. The molecule has 0 fully saturated rings. The molecule has 0 saturated heterocycles. The molecule has 1 rings (SSSR count). The Balaban J connectivity index is 2.70. The third-order valence-corrected chi connectivity index (χ3v) is 3.89. The van der Waals surface area contributed by atoms with Crippen LogP contribution in [0.2, 0.25) is 0 Å². The van der Waals surface area contributed by atoms with Gasteiger partial charge in [-0.15, -0.1) is 11.6 Å². The van der Waals surface area contributed by atoms with Crippen LogP contribution in [-0.4, -0.2) is 5.88 Å². The number of hydrogen-bond acceptors (Lipinski definition) is 0. The molecule has 0 N–H and O–H groups in total. The SMILES string of the molecule is CCCC(C)(CCl)Cc1ccc(Br)cc1. The Labute approximate surface area is 106 Å². The van der Waals surface area contributed by atoms with Gasteiger partial charge in [0, 0.05) is 10.4 Å². The van der Waals surface area contributed by atoms with Crippen LogP contribution in [0.4, 0.5) is 0 Å². The Hall–Kier alpha value is -0.0100. The summed E-state index contributed by atoms with van der Waals surface area (Å²) in [5, 5.41) is 0. The molecule has 0 heterocycles. The highest BCUT2D eigenvalue weighted by Crippen LogP contribution is 2.30. The van der Waals surface area contributed by atoms with Crippen molar-refractivity contribution < 1.29 is 0 Å². The van der Waals surface area contributed by atoms with Crippen molar-refractivity contribution in [3.05, 3.63) is 34.3 Å². The first-order valence-electron chi connectivity index (χ1n) is 5.40.